The highest BCUT2D eigenvalue weighted by Crippen LogP contribution is 2.28. The molecule has 7 nitrogen and oxygen atoms in total. The number of hydrogen-bond donors (Lipinski definition) is 1. The van der Waals surface area contributed by atoms with Gasteiger partial charge in [-0.05, 0) is 29.6 Å². The molecule has 31 heavy (non-hydrogen) atoms. The molecule has 0 radical (unpaired) electrons. The number of nitrogens with one attached hydrogen (secondary N) is 1. The maximum atomic E-state index is 12.6. The van der Waals surface area contributed by atoms with Gasteiger partial charge in [-0.15, -0.1) is 11.3 Å². The maximum Gasteiger partial charge on any atom is 0.435 e. The fraction of sp³-hybridized carbons (Fsp3) is 0.100. The summed E-state index contributed by atoms with van der Waals surface area (Å²) in [5, 5.41) is 13.8. The largest absolute Gasteiger partial charge is 0.435 e. The van der Waals surface area contributed by atoms with Crippen LogP contribution in [0.2, 0.25) is 0 Å². The van der Waals surface area contributed by atoms with Crippen molar-refractivity contribution in [2.24, 2.45) is 5.10 Å². The molecule has 0 saturated heterocycles. The lowest BCUT2D eigenvalue weighted by molar-refractivity contribution is -0.141. The second-order valence-electron chi connectivity index (χ2n) is 6.38. The summed E-state index contributed by atoms with van der Waals surface area (Å²) in [5.41, 5.74) is 3.47. The van der Waals surface area contributed by atoms with E-state index in [2.05, 4.69) is 20.7 Å². The number of nitrogens with zero attached hydrogens (tertiary/aromatic N) is 5. The molecule has 3 aromatic heterocycles. The first-order valence-electron chi connectivity index (χ1n) is 9.02. The third-order valence-electron chi connectivity index (χ3n) is 4.15. The van der Waals surface area contributed by atoms with Crippen molar-refractivity contribution in [3.8, 4) is 16.3 Å². The minimum absolute atomic E-state index is 0.394. The van der Waals surface area contributed by atoms with Crippen molar-refractivity contribution in [2.45, 2.75) is 12.7 Å². The summed E-state index contributed by atoms with van der Waals surface area (Å²) in [4.78, 5) is 12.9. The van der Waals surface area contributed by atoms with Crippen molar-refractivity contribution in [1.29, 1.82) is 0 Å². The lowest BCUT2D eigenvalue weighted by atomic mass is 10.2. The molecular weight excluding hydrogens is 429 g/mol. The van der Waals surface area contributed by atoms with Crippen LogP contribution in [0.25, 0.3) is 16.3 Å². The second kappa shape index (κ2) is 8.56. The van der Waals surface area contributed by atoms with Gasteiger partial charge in [0.15, 0.2) is 5.69 Å². The molecule has 4 rings (SSSR count). The van der Waals surface area contributed by atoms with E-state index in [-0.39, 0.29) is 0 Å². The number of aromatic nitrogens is 4. The standard InChI is InChI=1S/C20H15F3N6OS/c21-20(22,23)17-8-9-28(26-17)13-18(30)25-24-11-14-12-29(15-5-2-1-3-6-15)27-19(14)16-7-4-10-31-16/h1-12H,13H2,(H,25,30)/b24-11+. The maximum absolute atomic E-state index is 12.6. The lowest BCUT2D eigenvalue weighted by Crippen LogP contribution is -2.23. The number of amides is 1. The summed E-state index contributed by atoms with van der Waals surface area (Å²) in [6.45, 7) is -0.394. The van der Waals surface area contributed by atoms with Crippen LogP contribution in [0.5, 0.6) is 0 Å². The molecule has 0 aliphatic heterocycles. The molecule has 158 valence electrons. The molecule has 0 aliphatic rings. The van der Waals surface area contributed by atoms with E-state index in [1.807, 2.05) is 47.8 Å². The van der Waals surface area contributed by atoms with Gasteiger partial charge in [0, 0.05) is 18.0 Å². The van der Waals surface area contributed by atoms with E-state index in [4.69, 9.17) is 0 Å². The van der Waals surface area contributed by atoms with Gasteiger partial charge in [-0.2, -0.15) is 28.5 Å². The summed E-state index contributed by atoms with van der Waals surface area (Å²) in [6, 6.07) is 14.2. The Kier molecular flexibility index (Phi) is 5.67. The van der Waals surface area contributed by atoms with Gasteiger partial charge in [0.25, 0.3) is 5.91 Å². The Morgan fingerprint density at radius 1 is 1.13 bits per heavy atom. The Balaban J connectivity index is 1.48. The van der Waals surface area contributed by atoms with Gasteiger partial charge in [0.2, 0.25) is 0 Å². The normalized spacial score (nSPS) is 11.8. The van der Waals surface area contributed by atoms with Gasteiger partial charge in [-0.3, -0.25) is 9.48 Å². The Hall–Kier alpha value is -3.73. The molecule has 0 unspecified atom stereocenters. The molecule has 11 heteroatoms. The molecular formula is C20H15F3N6OS. The molecule has 4 aromatic rings. The average molecular weight is 444 g/mol. The van der Waals surface area contributed by atoms with E-state index in [0.717, 1.165) is 27.5 Å². The number of carbonyl (C=O) groups excluding carboxylic acids is 1. The fourth-order valence-electron chi connectivity index (χ4n) is 2.76. The number of thiophene rings is 1. The first kappa shape index (κ1) is 20.5. The highest BCUT2D eigenvalue weighted by Gasteiger charge is 2.33. The number of para-hydroxylation sites is 1. The van der Waals surface area contributed by atoms with Crippen LogP contribution in [0.15, 0.2) is 71.4 Å². The van der Waals surface area contributed by atoms with Crippen LogP contribution in [-0.4, -0.2) is 31.7 Å². The third-order valence-corrected chi connectivity index (χ3v) is 5.02. The first-order valence-corrected chi connectivity index (χ1v) is 9.89. The summed E-state index contributed by atoms with van der Waals surface area (Å²) < 4.78 is 40.4. The SMILES string of the molecule is O=C(Cn1ccc(C(F)(F)F)n1)N/N=C/c1cn(-c2ccccc2)nc1-c1cccs1. The van der Waals surface area contributed by atoms with E-state index < -0.39 is 24.3 Å². The van der Waals surface area contributed by atoms with Crippen molar-refractivity contribution in [3.05, 3.63) is 77.6 Å². The number of alkyl halides is 3. The van der Waals surface area contributed by atoms with Gasteiger partial charge in [0.1, 0.15) is 12.2 Å². The van der Waals surface area contributed by atoms with Crippen LogP contribution in [0.3, 0.4) is 0 Å². The molecule has 3 heterocycles. The predicted octanol–water partition coefficient (Wildman–Crippen LogP) is 3.97. The summed E-state index contributed by atoms with van der Waals surface area (Å²) in [7, 11) is 0. The number of benzene rings is 1. The van der Waals surface area contributed by atoms with E-state index in [9.17, 15) is 18.0 Å². The van der Waals surface area contributed by atoms with Gasteiger partial charge in [-0.25, -0.2) is 10.1 Å². The number of halogens is 3. The van der Waals surface area contributed by atoms with Crippen molar-refractivity contribution in [2.75, 3.05) is 0 Å². The van der Waals surface area contributed by atoms with Crippen molar-refractivity contribution < 1.29 is 18.0 Å². The van der Waals surface area contributed by atoms with Crippen LogP contribution >= 0.6 is 11.3 Å². The number of rotatable bonds is 6. The Bertz CT molecular complexity index is 1200. The zero-order valence-corrected chi connectivity index (χ0v) is 16.6. The highest BCUT2D eigenvalue weighted by atomic mass is 32.1. The minimum Gasteiger partial charge on any atom is -0.271 e. The van der Waals surface area contributed by atoms with Gasteiger partial charge in [-0.1, -0.05) is 24.3 Å². The monoisotopic (exact) mass is 444 g/mol. The average Bonchev–Trinajstić information content (AvgIpc) is 3.49. The lowest BCUT2D eigenvalue weighted by Gasteiger charge is -2.02. The van der Waals surface area contributed by atoms with Gasteiger partial charge in [0.05, 0.1) is 16.8 Å². The molecule has 0 aliphatic carbocycles. The highest BCUT2D eigenvalue weighted by molar-refractivity contribution is 7.13. The fourth-order valence-corrected chi connectivity index (χ4v) is 3.49. The van der Waals surface area contributed by atoms with Crippen molar-refractivity contribution >= 4 is 23.5 Å². The molecule has 0 spiro atoms. The number of carbonyl (C=O) groups is 1. The summed E-state index contributed by atoms with van der Waals surface area (Å²) in [6.07, 6.45) is -0.241. The van der Waals surface area contributed by atoms with E-state index >= 15 is 0 Å². The first-order chi connectivity index (χ1) is 14.9. The Morgan fingerprint density at radius 3 is 2.61 bits per heavy atom. The molecule has 1 N–H and O–H groups in total. The van der Waals surface area contributed by atoms with Crippen LogP contribution in [0.4, 0.5) is 13.2 Å². The number of hydrazone groups is 1. The zero-order chi connectivity index (χ0) is 21.8. The summed E-state index contributed by atoms with van der Waals surface area (Å²) in [5.74, 6) is -0.610. The summed E-state index contributed by atoms with van der Waals surface area (Å²) >= 11 is 1.52. The van der Waals surface area contributed by atoms with E-state index in [1.54, 1.807) is 10.9 Å². The van der Waals surface area contributed by atoms with E-state index in [1.165, 1.54) is 17.6 Å². The van der Waals surface area contributed by atoms with Crippen LogP contribution < -0.4 is 5.43 Å². The Labute approximate surface area is 178 Å². The second-order valence-corrected chi connectivity index (χ2v) is 7.33. The molecule has 1 amide bonds. The third kappa shape index (κ3) is 4.89. The molecule has 1 aromatic carbocycles. The number of hydrogen-bond acceptors (Lipinski definition) is 5. The Morgan fingerprint density at radius 2 is 1.94 bits per heavy atom. The van der Waals surface area contributed by atoms with E-state index in [0.29, 0.717) is 11.3 Å². The van der Waals surface area contributed by atoms with Gasteiger partial charge < -0.3 is 0 Å². The molecule has 0 atom stereocenters. The van der Waals surface area contributed by atoms with Crippen LogP contribution in [-0.2, 0) is 17.5 Å². The topological polar surface area (TPSA) is 77.1 Å². The molecule has 0 saturated carbocycles. The van der Waals surface area contributed by atoms with Crippen LogP contribution in [0, 0.1) is 0 Å². The smallest absolute Gasteiger partial charge is 0.271 e. The molecule has 0 fully saturated rings. The minimum atomic E-state index is -4.56. The zero-order valence-electron chi connectivity index (χ0n) is 15.8. The van der Waals surface area contributed by atoms with Crippen molar-refractivity contribution in [1.82, 2.24) is 25.0 Å². The quantitative estimate of drug-likeness (QED) is 0.361. The molecule has 0 bridgehead atoms. The van der Waals surface area contributed by atoms with Crippen LogP contribution in [0.1, 0.15) is 11.3 Å². The predicted molar refractivity (Wildman–Crippen MR) is 110 cm³/mol. The van der Waals surface area contributed by atoms with Gasteiger partial charge >= 0.3 is 6.18 Å². The van der Waals surface area contributed by atoms with Crippen molar-refractivity contribution in [3.63, 3.8) is 0 Å².